The van der Waals surface area contributed by atoms with Crippen molar-refractivity contribution in [3.05, 3.63) is 0 Å². The summed E-state index contributed by atoms with van der Waals surface area (Å²) in [4.78, 5) is 0. The molecule has 0 heterocycles. The molecule has 0 amide bonds. The molecular weight excluding hydrogens is 251 g/mol. The molecule has 4 heteroatoms. The number of rotatable bonds is 0. The Labute approximate surface area is 73.7 Å². The van der Waals surface area contributed by atoms with E-state index in [-0.39, 0.29) is 74.6 Å². The van der Waals surface area contributed by atoms with E-state index in [1.807, 2.05) is 0 Å². The van der Waals surface area contributed by atoms with Gasteiger partial charge in [0.1, 0.15) is 0 Å². The third-order valence-corrected chi connectivity index (χ3v) is 0. The Morgan fingerprint density at radius 2 is 1.25 bits per heavy atom. The van der Waals surface area contributed by atoms with Gasteiger partial charge in [0.05, 0.1) is 0 Å². The second-order valence-electron chi connectivity index (χ2n) is 0. The SMILES string of the molecule is N.O.[Ca+2].[H-].[H-].[Ta]. The first-order valence-electron chi connectivity index (χ1n) is 0. The summed E-state index contributed by atoms with van der Waals surface area (Å²) in [7, 11) is 0. The Morgan fingerprint density at radius 3 is 1.25 bits per heavy atom. The first-order valence-corrected chi connectivity index (χ1v) is 0. The molecule has 0 saturated carbocycles. The van der Waals surface area contributed by atoms with Gasteiger partial charge in [-0.15, -0.1) is 0 Å². The van der Waals surface area contributed by atoms with Crippen molar-refractivity contribution in [3.63, 3.8) is 0 Å². The molecule has 0 aromatic carbocycles. The van der Waals surface area contributed by atoms with Crippen molar-refractivity contribution in [1.82, 2.24) is 6.15 Å². The quantitative estimate of drug-likeness (QED) is 0.567. The Morgan fingerprint density at radius 1 is 1.25 bits per heavy atom. The second kappa shape index (κ2) is 20.5. The van der Waals surface area contributed by atoms with Gasteiger partial charge in [-0.3, -0.25) is 0 Å². The predicted octanol–water partition coefficient (Wildman–Crippen LogP) is -0.821. The minimum Gasteiger partial charge on any atom is -1.00 e. The van der Waals surface area contributed by atoms with Gasteiger partial charge in [-0.2, -0.15) is 0 Å². The van der Waals surface area contributed by atoms with E-state index in [9.17, 15) is 0 Å². The Bertz CT molecular complexity index is 13.5. The van der Waals surface area contributed by atoms with Gasteiger partial charge in [-0.1, -0.05) is 0 Å². The molecule has 0 saturated heterocycles. The summed E-state index contributed by atoms with van der Waals surface area (Å²) in [6.45, 7) is 0. The standard InChI is InChI=1S/Ca.H3N.H2O.Ta.2H/h;1H3;1H2;;;/q+2;;;;2*-1. The molecule has 0 atom stereocenters. The van der Waals surface area contributed by atoms with E-state index in [0.29, 0.717) is 0 Å². The van der Waals surface area contributed by atoms with E-state index >= 15 is 0 Å². The van der Waals surface area contributed by atoms with Crippen LogP contribution in [0.5, 0.6) is 0 Å². The fraction of sp³-hybridized carbons (Fsp3) is 0. The maximum atomic E-state index is 0. The van der Waals surface area contributed by atoms with Gasteiger partial charge in [-0.05, 0) is 0 Å². The first kappa shape index (κ1) is 38.9. The van der Waals surface area contributed by atoms with Crippen molar-refractivity contribution in [1.29, 1.82) is 0 Å². The maximum Gasteiger partial charge on any atom is 2.00 e. The van der Waals surface area contributed by atoms with Gasteiger partial charge in [0.15, 0.2) is 0 Å². The molecule has 0 unspecified atom stereocenters. The first-order chi connectivity index (χ1) is 0. The zero-order chi connectivity index (χ0) is 0. The zero-order valence-corrected chi connectivity index (χ0v) is 7.78. The molecule has 5 N–H and O–H groups in total. The van der Waals surface area contributed by atoms with E-state index < -0.39 is 0 Å². The molecule has 0 aliphatic carbocycles. The Balaban J connectivity index is 0. The van der Waals surface area contributed by atoms with Gasteiger partial charge in [0.2, 0.25) is 0 Å². The van der Waals surface area contributed by atoms with Gasteiger partial charge in [0, 0.05) is 22.4 Å². The minimum atomic E-state index is 0. The summed E-state index contributed by atoms with van der Waals surface area (Å²) in [5, 5.41) is 0. The predicted molar refractivity (Wildman–Crippen MR) is 16.6 cm³/mol. The normalized spacial score (nSPS) is 0. The fourth-order valence-corrected chi connectivity index (χ4v) is 0. The van der Waals surface area contributed by atoms with Gasteiger partial charge < -0.3 is 14.5 Å². The van der Waals surface area contributed by atoms with Crippen molar-refractivity contribution < 1.29 is 30.7 Å². The largest absolute Gasteiger partial charge is 2.00 e. The Hall–Kier alpha value is 1.92. The van der Waals surface area contributed by atoms with Crippen LogP contribution in [-0.2, 0) is 22.4 Å². The zero-order valence-electron chi connectivity index (χ0n) is 4.36. The molecule has 0 rings (SSSR count). The molecule has 0 spiro atoms. The third-order valence-electron chi connectivity index (χ3n) is 0. The van der Waals surface area contributed by atoms with E-state index in [0.717, 1.165) is 0 Å². The summed E-state index contributed by atoms with van der Waals surface area (Å²) >= 11 is 0. The average Bonchev–Trinajstić information content (AvgIpc) is 0. The molecule has 0 aromatic rings. The van der Waals surface area contributed by atoms with Crippen molar-refractivity contribution in [2.75, 3.05) is 0 Å². The van der Waals surface area contributed by atoms with Gasteiger partial charge >= 0.3 is 37.7 Å². The van der Waals surface area contributed by atoms with Crippen molar-refractivity contribution >= 4 is 37.7 Å². The molecule has 2 nitrogen and oxygen atoms in total. The topological polar surface area (TPSA) is 66.5 Å². The summed E-state index contributed by atoms with van der Waals surface area (Å²) < 4.78 is 0. The second-order valence-corrected chi connectivity index (χ2v) is 0. The molecule has 1 radical (unpaired) electrons. The average molecular weight is 258 g/mol. The van der Waals surface area contributed by atoms with Crippen molar-refractivity contribution in [3.8, 4) is 0 Å². The molecular formula is H7CaNOTa. The molecule has 0 aromatic heterocycles. The number of hydrogen-bond acceptors (Lipinski definition) is 1. The van der Waals surface area contributed by atoms with Crippen LogP contribution in [0.25, 0.3) is 0 Å². The number of hydrogen-bond donors (Lipinski definition) is 1. The summed E-state index contributed by atoms with van der Waals surface area (Å²) in [5.41, 5.74) is 0. The van der Waals surface area contributed by atoms with Crippen LogP contribution in [0.1, 0.15) is 2.85 Å². The van der Waals surface area contributed by atoms with Gasteiger partial charge in [0.25, 0.3) is 0 Å². The third kappa shape index (κ3) is 9.07. The van der Waals surface area contributed by atoms with E-state index in [2.05, 4.69) is 0 Å². The molecule has 25 valence electrons. The van der Waals surface area contributed by atoms with Crippen LogP contribution in [0.3, 0.4) is 0 Å². The monoisotopic (exact) mass is 258 g/mol. The van der Waals surface area contributed by atoms with Crippen LogP contribution >= 0.6 is 0 Å². The van der Waals surface area contributed by atoms with Crippen LogP contribution in [0.2, 0.25) is 0 Å². The summed E-state index contributed by atoms with van der Waals surface area (Å²) in [6, 6.07) is 0. The van der Waals surface area contributed by atoms with Gasteiger partial charge in [-0.25, -0.2) is 0 Å². The van der Waals surface area contributed by atoms with E-state index in [1.165, 1.54) is 0 Å². The summed E-state index contributed by atoms with van der Waals surface area (Å²) in [6.07, 6.45) is 0. The maximum absolute atomic E-state index is 0. The molecule has 4 heavy (non-hydrogen) atoms. The van der Waals surface area contributed by atoms with Crippen molar-refractivity contribution in [2.45, 2.75) is 0 Å². The van der Waals surface area contributed by atoms with Crippen LogP contribution < -0.4 is 6.15 Å². The van der Waals surface area contributed by atoms with Crippen molar-refractivity contribution in [2.24, 2.45) is 0 Å². The molecule has 0 bridgehead atoms. The fourth-order valence-electron chi connectivity index (χ4n) is 0. The molecule has 0 fully saturated rings. The summed E-state index contributed by atoms with van der Waals surface area (Å²) in [5.74, 6) is 0. The molecule has 0 aliphatic heterocycles. The molecule has 0 aliphatic rings. The minimum absolute atomic E-state index is 0. The Kier molecular flexibility index (Phi) is 199. The van der Waals surface area contributed by atoms with Crippen LogP contribution in [0.15, 0.2) is 0 Å². The van der Waals surface area contributed by atoms with Crippen LogP contribution in [0, 0.1) is 0 Å². The van der Waals surface area contributed by atoms with Crippen LogP contribution in [-0.4, -0.2) is 43.2 Å². The van der Waals surface area contributed by atoms with E-state index in [1.54, 1.807) is 0 Å². The van der Waals surface area contributed by atoms with Crippen LogP contribution in [0.4, 0.5) is 0 Å². The van der Waals surface area contributed by atoms with E-state index in [4.69, 9.17) is 0 Å². The smallest absolute Gasteiger partial charge is 1.00 e.